The van der Waals surface area contributed by atoms with Crippen molar-refractivity contribution in [1.82, 2.24) is 4.90 Å². The zero-order chi connectivity index (χ0) is 23.8. The molecule has 1 aliphatic rings. The summed E-state index contributed by atoms with van der Waals surface area (Å²) in [6.45, 7) is 8.72. The van der Waals surface area contributed by atoms with Crippen LogP contribution in [0.1, 0.15) is 47.6 Å². The molecule has 33 heavy (non-hydrogen) atoms. The maximum absolute atomic E-state index is 12.4. The van der Waals surface area contributed by atoms with E-state index in [0.29, 0.717) is 49.3 Å². The van der Waals surface area contributed by atoms with Gasteiger partial charge in [0, 0.05) is 6.54 Å². The normalized spacial score (nSPS) is 18.0. The van der Waals surface area contributed by atoms with Crippen molar-refractivity contribution in [3.63, 3.8) is 0 Å². The highest BCUT2D eigenvalue weighted by Gasteiger charge is 2.34. The van der Waals surface area contributed by atoms with Crippen molar-refractivity contribution in [1.29, 1.82) is 0 Å². The van der Waals surface area contributed by atoms with Gasteiger partial charge >= 0.3 is 12.1 Å². The van der Waals surface area contributed by atoms with E-state index < -0.39 is 18.1 Å². The highest BCUT2D eigenvalue weighted by Crippen LogP contribution is 2.38. The smallest absolute Gasteiger partial charge is 0.407 e. The lowest BCUT2D eigenvalue weighted by Gasteiger charge is -2.38. The van der Waals surface area contributed by atoms with Gasteiger partial charge in [0.25, 0.3) is 0 Å². The number of benzene rings is 2. The number of nitrogens with zero attached hydrogens (tertiary/aromatic N) is 1. The molecule has 0 spiro atoms. The van der Waals surface area contributed by atoms with E-state index in [-0.39, 0.29) is 6.10 Å². The van der Waals surface area contributed by atoms with E-state index in [9.17, 15) is 14.7 Å². The maximum atomic E-state index is 12.4. The van der Waals surface area contributed by atoms with Crippen LogP contribution in [-0.2, 0) is 9.47 Å². The second-order valence-corrected chi connectivity index (χ2v) is 7.94. The molecule has 1 heterocycles. The zero-order valence-electron chi connectivity index (χ0n) is 19.0. The predicted octanol–water partition coefficient (Wildman–Crippen LogP) is 5.36. The van der Waals surface area contributed by atoms with Crippen molar-refractivity contribution in [2.75, 3.05) is 26.9 Å². The topological polar surface area (TPSA) is 85.3 Å². The Morgan fingerprint density at radius 2 is 2.00 bits per heavy atom. The quantitative estimate of drug-likeness (QED) is 0.296. The minimum atomic E-state index is -0.982. The summed E-state index contributed by atoms with van der Waals surface area (Å²) in [4.78, 5) is 25.9. The molecule has 2 aromatic carbocycles. The molecule has 0 aliphatic carbocycles. The van der Waals surface area contributed by atoms with Crippen LogP contribution in [-0.4, -0.2) is 55.0 Å². The van der Waals surface area contributed by atoms with Gasteiger partial charge in [0.2, 0.25) is 0 Å². The van der Waals surface area contributed by atoms with Crippen LogP contribution < -0.4 is 4.74 Å². The third-order valence-corrected chi connectivity index (χ3v) is 5.86. The van der Waals surface area contributed by atoms with Gasteiger partial charge in [-0.25, -0.2) is 9.59 Å². The van der Waals surface area contributed by atoms with Crippen LogP contribution in [0.4, 0.5) is 4.79 Å². The van der Waals surface area contributed by atoms with Gasteiger partial charge < -0.3 is 24.2 Å². The molecule has 7 nitrogen and oxygen atoms in total. The number of likely N-dealkylation sites (tertiary alicyclic amines) is 1. The maximum Gasteiger partial charge on any atom is 0.407 e. The van der Waals surface area contributed by atoms with Crippen molar-refractivity contribution in [2.45, 2.75) is 37.8 Å². The summed E-state index contributed by atoms with van der Waals surface area (Å²) in [5.74, 6) is 0.212. The fraction of sp³-hybridized carbons (Fsp3) is 0.385. The molecule has 1 amide bonds. The Kier molecular flexibility index (Phi) is 8.49. The third-order valence-electron chi connectivity index (χ3n) is 5.86. The van der Waals surface area contributed by atoms with Crippen LogP contribution in [0.15, 0.2) is 55.6 Å². The number of methoxy groups -OCH3 is 1. The molecule has 0 saturated carbocycles. The summed E-state index contributed by atoms with van der Waals surface area (Å²) in [5.41, 5.74) is 1.23. The Bertz CT molecular complexity index is 1020. The molecule has 3 rings (SSSR count). The summed E-state index contributed by atoms with van der Waals surface area (Å²) in [7, 11) is 1.34. The van der Waals surface area contributed by atoms with Crippen LogP contribution >= 0.6 is 0 Å². The highest BCUT2D eigenvalue weighted by atomic mass is 16.5. The van der Waals surface area contributed by atoms with Gasteiger partial charge in [-0.1, -0.05) is 18.2 Å². The minimum absolute atomic E-state index is 0.0859. The van der Waals surface area contributed by atoms with Crippen LogP contribution in [0.3, 0.4) is 0 Å². The molecule has 0 bridgehead atoms. The van der Waals surface area contributed by atoms with E-state index in [4.69, 9.17) is 14.2 Å². The number of esters is 1. The Morgan fingerprint density at radius 3 is 2.70 bits per heavy atom. The number of piperidine rings is 1. The van der Waals surface area contributed by atoms with Gasteiger partial charge in [-0.3, -0.25) is 0 Å². The van der Waals surface area contributed by atoms with Gasteiger partial charge in [0.1, 0.15) is 5.75 Å². The first kappa shape index (κ1) is 24.3. The first-order valence-corrected chi connectivity index (χ1v) is 11.1. The molecule has 1 fully saturated rings. The molecule has 1 N–H and O–H groups in total. The lowest BCUT2D eigenvalue weighted by atomic mass is 9.88. The standard InChI is InChI=1S/C26H31NO6/c1-4-6-7-15-33-18-8-9-20-22(25(28)31-3)11-10-21(23(20)16-18)24-17-19(32-14-5-2)12-13-27(24)26(29)30/h4-5,8-11,16,19,24H,1-2,6-7,12-15,17H2,3H3,(H,29,30). The Balaban J connectivity index is 2.05. The first-order chi connectivity index (χ1) is 16.0. The summed E-state index contributed by atoms with van der Waals surface area (Å²) in [6.07, 6.45) is 5.29. The molecule has 1 aliphatic heterocycles. The van der Waals surface area contributed by atoms with Crippen molar-refractivity contribution in [3.8, 4) is 5.75 Å². The van der Waals surface area contributed by atoms with Gasteiger partial charge in [-0.05, 0) is 66.3 Å². The SMILES string of the molecule is C=CCCCOc1ccc2c(C(=O)OC)ccc(C3CC(OCC=C)CCN3C(=O)O)c2c1. The average molecular weight is 454 g/mol. The largest absolute Gasteiger partial charge is 0.494 e. The third kappa shape index (κ3) is 5.73. The van der Waals surface area contributed by atoms with Crippen LogP contribution in [0.25, 0.3) is 10.8 Å². The minimum Gasteiger partial charge on any atom is -0.494 e. The van der Waals surface area contributed by atoms with Crippen LogP contribution in [0.5, 0.6) is 5.75 Å². The Morgan fingerprint density at radius 1 is 1.18 bits per heavy atom. The van der Waals surface area contributed by atoms with Gasteiger partial charge in [-0.15, -0.1) is 13.2 Å². The lowest BCUT2D eigenvalue weighted by Crippen LogP contribution is -2.42. The number of carbonyl (C=O) groups excluding carboxylic acids is 1. The first-order valence-electron chi connectivity index (χ1n) is 11.1. The van der Waals surface area contributed by atoms with Crippen molar-refractivity contribution in [3.05, 3.63) is 66.8 Å². The lowest BCUT2D eigenvalue weighted by molar-refractivity contribution is 0.000532. The van der Waals surface area contributed by atoms with Crippen LogP contribution in [0, 0.1) is 0 Å². The molecule has 2 unspecified atom stereocenters. The zero-order valence-corrected chi connectivity index (χ0v) is 19.0. The van der Waals surface area contributed by atoms with Gasteiger partial charge in [0.15, 0.2) is 0 Å². The Hall–Kier alpha value is -3.32. The number of ether oxygens (including phenoxy) is 3. The number of rotatable bonds is 10. The molecule has 176 valence electrons. The second kappa shape index (κ2) is 11.5. The highest BCUT2D eigenvalue weighted by molar-refractivity contribution is 6.06. The Labute approximate surface area is 194 Å². The van der Waals surface area contributed by atoms with Crippen molar-refractivity contribution in [2.24, 2.45) is 0 Å². The molecule has 2 aromatic rings. The molecule has 7 heteroatoms. The number of amides is 1. The van der Waals surface area contributed by atoms with Crippen LogP contribution in [0.2, 0.25) is 0 Å². The van der Waals surface area contributed by atoms with Gasteiger partial charge in [0.05, 0.1) is 38.0 Å². The van der Waals surface area contributed by atoms with Crippen molar-refractivity contribution < 1.29 is 28.9 Å². The second-order valence-electron chi connectivity index (χ2n) is 7.94. The summed E-state index contributed by atoms with van der Waals surface area (Å²) in [5, 5.41) is 11.3. The molecule has 2 atom stereocenters. The number of unbranched alkanes of at least 4 members (excludes halogenated alkanes) is 1. The van der Waals surface area contributed by atoms with Gasteiger partial charge in [-0.2, -0.15) is 0 Å². The number of allylic oxidation sites excluding steroid dienone is 1. The van der Waals surface area contributed by atoms with E-state index in [1.54, 1.807) is 12.1 Å². The number of carbonyl (C=O) groups is 2. The average Bonchev–Trinajstić information content (AvgIpc) is 2.83. The molecule has 1 saturated heterocycles. The molecular formula is C26H31NO6. The van der Waals surface area contributed by atoms with E-state index >= 15 is 0 Å². The van der Waals surface area contributed by atoms with E-state index in [1.165, 1.54) is 12.0 Å². The summed E-state index contributed by atoms with van der Waals surface area (Å²) in [6, 6.07) is 8.61. The number of hydrogen-bond donors (Lipinski definition) is 1. The molecule has 0 radical (unpaired) electrons. The molecule has 0 aromatic heterocycles. The number of carboxylic acid groups (broad SMARTS) is 1. The summed E-state index contributed by atoms with van der Waals surface area (Å²) < 4.78 is 16.7. The van der Waals surface area contributed by atoms with Crippen molar-refractivity contribution >= 4 is 22.8 Å². The summed E-state index contributed by atoms with van der Waals surface area (Å²) >= 11 is 0. The number of hydrogen-bond acceptors (Lipinski definition) is 5. The fourth-order valence-electron chi connectivity index (χ4n) is 4.25. The van der Waals surface area contributed by atoms with E-state index in [1.807, 2.05) is 30.3 Å². The monoisotopic (exact) mass is 453 g/mol. The fourth-order valence-corrected chi connectivity index (χ4v) is 4.25. The van der Waals surface area contributed by atoms with E-state index in [2.05, 4.69) is 13.2 Å². The van der Waals surface area contributed by atoms with E-state index in [0.717, 1.165) is 23.8 Å². The number of fused-ring (bicyclic) bond motifs is 1. The predicted molar refractivity (Wildman–Crippen MR) is 127 cm³/mol. The molecular weight excluding hydrogens is 422 g/mol.